The summed E-state index contributed by atoms with van der Waals surface area (Å²) in [5.74, 6) is 0. The highest BCUT2D eigenvalue weighted by atomic mass is 15.4. The Labute approximate surface area is 108 Å². The first-order valence-corrected chi connectivity index (χ1v) is 6.45. The van der Waals surface area contributed by atoms with Crippen LogP contribution in [0.25, 0.3) is 11.3 Å². The van der Waals surface area contributed by atoms with Crippen molar-refractivity contribution in [2.24, 2.45) is 0 Å². The summed E-state index contributed by atoms with van der Waals surface area (Å²) >= 11 is 0. The first-order chi connectivity index (χ1) is 8.76. The SMILES string of the molecule is CCNCc1ccc(-c2cnnn2CC)c(C)c1. The van der Waals surface area contributed by atoms with Gasteiger partial charge in [-0.1, -0.05) is 30.3 Å². The van der Waals surface area contributed by atoms with Gasteiger partial charge in [0, 0.05) is 18.7 Å². The fourth-order valence-corrected chi connectivity index (χ4v) is 2.09. The molecule has 0 saturated carbocycles. The van der Waals surface area contributed by atoms with Gasteiger partial charge in [0.15, 0.2) is 0 Å². The van der Waals surface area contributed by atoms with Crippen LogP contribution in [0.5, 0.6) is 0 Å². The molecule has 0 atom stereocenters. The number of hydrogen-bond donors (Lipinski definition) is 1. The second-order valence-electron chi connectivity index (χ2n) is 4.36. The summed E-state index contributed by atoms with van der Waals surface area (Å²) in [4.78, 5) is 0. The standard InChI is InChI=1S/C14H20N4/c1-4-15-9-12-6-7-13(11(3)8-12)14-10-16-17-18(14)5-2/h6-8,10,15H,4-5,9H2,1-3H3. The lowest BCUT2D eigenvalue weighted by Gasteiger charge is -2.09. The molecule has 0 aliphatic rings. The highest BCUT2D eigenvalue weighted by Crippen LogP contribution is 2.23. The third-order valence-electron chi connectivity index (χ3n) is 3.06. The maximum absolute atomic E-state index is 4.08. The average molecular weight is 244 g/mol. The Kier molecular flexibility index (Phi) is 4.10. The third kappa shape index (κ3) is 2.59. The fraction of sp³-hybridized carbons (Fsp3) is 0.429. The summed E-state index contributed by atoms with van der Waals surface area (Å²) in [6, 6.07) is 6.55. The van der Waals surface area contributed by atoms with Crippen LogP contribution < -0.4 is 5.32 Å². The zero-order chi connectivity index (χ0) is 13.0. The molecule has 0 amide bonds. The summed E-state index contributed by atoms with van der Waals surface area (Å²) in [6.45, 7) is 9.08. The van der Waals surface area contributed by atoms with Crippen molar-refractivity contribution in [3.63, 3.8) is 0 Å². The molecular weight excluding hydrogens is 224 g/mol. The van der Waals surface area contributed by atoms with Crippen molar-refractivity contribution in [2.45, 2.75) is 33.9 Å². The second kappa shape index (κ2) is 5.78. The van der Waals surface area contributed by atoms with E-state index >= 15 is 0 Å². The molecule has 0 radical (unpaired) electrons. The van der Waals surface area contributed by atoms with Gasteiger partial charge in [0.05, 0.1) is 11.9 Å². The van der Waals surface area contributed by atoms with Gasteiger partial charge in [0.1, 0.15) is 0 Å². The van der Waals surface area contributed by atoms with Crippen molar-refractivity contribution in [2.75, 3.05) is 6.54 Å². The van der Waals surface area contributed by atoms with Crippen LogP contribution in [0.4, 0.5) is 0 Å². The molecule has 18 heavy (non-hydrogen) atoms. The molecule has 4 heteroatoms. The Morgan fingerprint density at radius 3 is 2.78 bits per heavy atom. The van der Waals surface area contributed by atoms with Crippen LogP contribution in [-0.4, -0.2) is 21.5 Å². The highest BCUT2D eigenvalue weighted by molar-refractivity contribution is 5.63. The lowest BCUT2D eigenvalue weighted by atomic mass is 10.0. The van der Waals surface area contributed by atoms with Crippen LogP contribution in [0.1, 0.15) is 25.0 Å². The molecule has 0 bridgehead atoms. The molecule has 1 aromatic heterocycles. The third-order valence-corrected chi connectivity index (χ3v) is 3.06. The van der Waals surface area contributed by atoms with Crippen LogP contribution in [0.3, 0.4) is 0 Å². The van der Waals surface area contributed by atoms with E-state index in [1.807, 2.05) is 10.9 Å². The minimum atomic E-state index is 0.841. The van der Waals surface area contributed by atoms with Crippen LogP contribution >= 0.6 is 0 Å². The molecule has 0 spiro atoms. The number of aromatic nitrogens is 3. The Morgan fingerprint density at radius 1 is 1.28 bits per heavy atom. The number of nitrogens with zero attached hydrogens (tertiary/aromatic N) is 3. The Morgan fingerprint density at radius 2 is 2.11 bits per heavy atom. The quantitative estimate of drug-likeness (QED) is 0.878. The molecule has 1 heterocycles. The van der Waals surface area contributed by atoms with E-state index in [0.29, 0.717) is 0 Å². The Hall–Kier alpha value is -1.68. The van der Waals surface area contributed by atoms with Crippen molar-refractivity contribution in [3.05, 3.63) is 35.5 Å². The van der Waals surface area contributed by atoms with Crippen molar-refractivity contribution in [3.8, 4) is 11.3 Å². The van der Waals surface area contributed by atoms with E-state index in [1.54, 1.807) is 0 Å². The summed E-state index contributed by atoms with van der Waals surface area (Å²) in [6.07, 6.45) is 1.83. The van der Waals surface area contributed by atoms with Crippen molar-refractivity contribution < 1.29 is 0 Å². The number of rotatable bonds is 5. The molecule has 1 N–H and O–H groups in total. The van der Waals surface area contributed by atoms with Crippen molar-refractivity contribution in [1.29, 1.82) is 0 Å². The lowest BCUT2D eigenvalue weighted by molar-refractivity contribution is 0.632. The number of aryl methyl sites for hydroxylation is 2. The van der Waals surface area contributed by atoms with Gasteiger partial charge in [-0.05, 0) is 31.5 Å². The highest BCUT2D eigenvalue weighted by Gasteiger charge is 2.08. The molecule has 4 nitrogen and oxygen atoms in total. The van der Waals surface area contributed by atoms with Gasteiger partial charge < -0.3 is 5.32 Å². The summed E-state index contributed by atoms with van der Waals surface area (Å²) in [5, 5.41) is 11.4. The van der Waals surface area contributed by atoms with E-state index in [9.17, 15) is 0 Å². The van der Waals surface area contributed by atoms with E-state index in [2.05, 4.69) is 54.6 Å². The maximum atomic E-state index is 4.08. The first-order valence-electron chi connectivity index (χ1n) is 6.45. The molecule has 0 saturated heterocycles. The zero-order valence-electron chi connectivity index (χ0n) is 11.3. The first kappa shape index (κ1) is 12.8. The van der Waals surface area contributed by atoms with Gasteiger partial charge >= 0.3 is 0 Å². The monoisotopic (exact) mass is 244 g/mol. The normalized spacial score (nSPS) is 10.8. The fourth-order valence-electron chi connectivity index (χ4n) is 2.09. The van der Waals surface area contributed by atoms with Crippen molar-refractivity contribution >= 4 is 0 Å². The Balaban J connectivity index is 2.30. The van der Waals surface area contributed by atoms with E-state index in [0.717, 1.165) is 25.3 Å². The number of hydrogen-bond acceptors (Lipinski definition) is 3. The molecule has 0 unspecified atom stereocenters. The predicted octanol–water partition coefficient (Wildman–Crippen LogP) is 2.38. The van der Waals surface area contributed by atoms with Crippen LogP contribution in [-0.2, 0) is 13.1 Å². The largest absolute Gasteiger partial charge is 0.313 e. The lowest BCUT2D eigenvalue weighted by Crippen LogP contribution is -2.11. The van der Waals surface area contributed by atoms with Crippen molar-refractivity contribution in [1.82, 2.24) is 20.3 Å². The molecule has 0 fully saturated rings. The smallest absolute Gasteiger partial charge is 0.0888 e. The molecule has 2 aromatic rings. The van der Waals surface area contributed by atoms with E-state index < -0.39 is 0 Å². The molecular formula is C14H20N4. The van der Waals surface area contributed by atoms with Gasteiger partial charge in [0.2, 0.25) is 0 Å². The van der Waals surface area contributed by atoms with E-state index in [4.69, 9.17) is 0 Å². The summed E-state index contributed by atoms with van der Waals surface area (Å²) < 4.78 is 1.92. The molecule has 2 rings (SSSR count). The van der Waals surface area contributed by atoms with Crippen LogP contribution in [0, 0.1) is 6.92 Å². The predicted molar refractivity (Wildman–Crippen MR) is 73.2 cm³/mol. The van der Waals surface area contributed by atoms with Gasteiger partial charge in [-0.2, -0.15) is 0 Å². The zero-order valence-corrected chi connectivity index (χ0v) is 11.3. The van der Waals surface area contributed by atoms with Crippen LogP contribution in [0.15, 0.2) is 24.4 Å². The van der Waals surface area contributed by atoms with Gasteiger partial charge in [-0.15, -0.1) is 5.10 Å². The number of nitrogens with one attached hydrogen (secondary N) is 1. The number of benzene rings is 1. The molecule has 1 aromatic carbocycles. The maximum Gasteiger partial charge on any atom is 0.0888 e. The minimum absolute atomic E-state index is 0.841. The minimum Gasteiger partial charge on any atom is -0.313 e. The average Bonchev–Trinajstić information content (AvgIpc) is 2.84. The summed E-state index contributed by atoms with van der Waals surface area (Å²) in [7, 11) is 0. The van der Waals surface area contributed by atoms with E-state index in [1.165, 1.54) is 16.7 Å². The molecule has 0 aliphatic heterocycles. The molecule has 0 aliphatic carbocycles. The second-order valence-corrected chi connectivity index (χ2v) is 4.36. The van der Waals surface area contributed by atoms with E-state index in [-0.39, 0.29) is 0 Å². The van der Waals surface area contributed by atoms with Gasteiger partial charge in [-0.25, -0.2) is 4.68 Å². The van der Waals surface area contributed by atoms with Gasteiger partial charge in [0.25, 0.3) is 0 Å². The topological polar surface area (TPSA) is 42.7 Å². The van der Waals surface area contributed by atoms with Gasteiger partial charge in [-0.3, -0.25) is 0 Å². The Bertz CT molecular complexity index is 516. The van der Waals surface area contributed by atoms with Crippen LogP contribution in [0.2, 0.25) is 0 Å². The summed E-state index contributed by atoms with van der Waals surface area (Å²) in [5.41, 5.74) is 4.88. The molecule has 96 valence electrons.